The molecule has 0 unspecified atom stereocenters. The van der Waals surface area contributed by atoms with Gasteiger partial charge in [0.1, 0.15) is 5.82 Å². The summed E-state index contributed by atoms with van der Waals surface area (Å²) in [5, 5.41) is 6.80. The summed E-state index contributed by atoms with van der Waals surface area (Å²) in [6.07, 6.45) is 1.60. The maximum absolute atomic E-state index is 12.5. The zero-order valence-electron chi connectivity index (χ0n) is 15.2. The number of amides is 1. The Balaban J connectivity index is 1.42. The van der Waals surface area contributed by atoms with Crippen LogP contribution in [0.25, 0.3) is 0 Å². The van der Waals surface area contributed by atoms with Gasteiger partial charge in [-0.25, -0.2) is 4.98 Å². The summed E-state index contributed by atoms with van der Waals surface area (Å²) < 4.78 is 10.7. The molecule has 1 aliphatic rings. The molecule has 0 saturated heterocycles. The van der Waals surface area contributed by atoms with Gasteiger partial charge in [0, 0.05) is 29.0 Å². The second-order valence-electron chi connectivity index (χ2n) is 6.38. The molecule has 1 amide bonds. The number of fused-ring (bicyclic) bond motifs is 1. The largest absolute Gasteiger partial charge is 0.454 e. The predicted molar refractivity (Wildman–Crippen MR) is 107 cm³/mol. The number of ether oxygens (including phenoxy) is 2. The van der Waals surface area contributed by atoms with E-state index in [9.17, 15) is 4.79 Å². The van der Waals surface area contributed by atoms with Gasteiger partial charge in [0.2, 0.25) is 6.79 Å². The highest BCUT2D eigenvalue weighted by Gasteiger charge is 2.14. The molecule has 0 saturated carbocycles. The molecule has 0 spiro atoms. The van der Waals surface area contributed by atoms with Gasteiger partial charge in [0.05, 0.1) is 0 Å². The fraction of sp³-hybridized carbons (Fsp3) is 0.143. The lowest BCUT2D eigenvalue weighted by Gasteiger charge is -2.11. The molecule has 3 aromatic rings. The van der Waals surface area contributed by atoms with E-state index in [0.29, 0.717) is 28.7 Å². The van der Waals surface area contributed by atoms with Crippen molar-refractivity contribution in [2.75, 3.05) is 12.1 Å². The molecule has 2 heterocycles. The predicted octanol–water partition coefficient (Wildman–Crippen LogP) is 4.45. The summed E-state index contributed by atoms with van der Waals surface area (Å²) in [6.45, 7) is 2.57. The minimum Gasteiger partial charge on any atom is -0.454 e. The Morgan fingerprint density at radius 2 is 1.96 bits per heavy atom. The Labute approximate surface area is 167 Å². The lowest BCUT2D eigenvalue weighted by molar-refractivity contribution is 0.0950. The van der Waals surface area contributed by atoms with Gasteiger partial charge in [-0.3, -0.25) is 4.79 Å². The number of nitrogens with one attached hydrogen (secondary N) is 2. The third-order valence-electron chi connectivity index (χ3n) is 4.36. The number of carbonyl (C=O) groups excluding carboxylic acids is 1. The van der Waals surface area contributed by atoms with Crippen LogP contribution in [0.4, 0.5) is 11.5 Å². The molecule has 0 radical (unpaired) electrons. The van der Waals surface area contributed by atoms with Gasteiger partial charge in [-0.05, 0) is 60.5 Å². The van der Waals surface area contributed by atoms with E-state index in [0.717, 1.165) is 22.6 Å². The SMILES string of the molecule is Cc1cc(Cl)ccc1Nc1cc(C(=O)NCc2ccc3c(c2)OCO3)ccn1. The van der Waals surface area contributed by atoms with E-state index >= 15 is 0 Å². The van der Waals surface area contributed by atoms with Crippen LogP contribution in [0.1, 0.15) is 21.5 Å². The number of pyridine rings is 1. The van der Waals surface area contributed by atoms with Crippen molar-refractivity contribution in [2.24, 2.45) is 0 Å². The van der Waals surface area contributed by atoms with Gasteiger partial charge in [-0.2, -0.15) is 0 Å². The summed E-state index contributed by atoms with van der Waals surface area (Å²) in [5.41, 5.74) is 3.33. The van der Waals surface area contributed by atoms with E-state index in [2.05, 4.69) is 15.6 Å². The summed E-state index contributed by atoms with van der Waals surface area (Å²) in [4.78, 5) is 16.8. The normalized spacial score (nSPS) is 11.9. The molecular formula is C21H18ClN3O3. The highest BCUT2D eigenvalue weighted by Crippen LogP contribution is 2.32. The van der Waals surface area contributed by atoms with Crippen molar-refractivity contribution in [1.29, 1.82) is 0 Å². The Morgan fingerprint density at radius 1 is 1.11 bits per heavy atom. The fourth-order valence-electron chi connectivity index (χ4n) is 2.88. The molecule has 4 rings (SSSR count). The van der Waals surface area contributed by atoms with Crippen LogP contribution in [0.15, 0.2) is 54.7 Å². The fourth-order valence-corrected chi connectivity index (χ4v) is 3.11. The monoisotopic (exact) mass is 395 g/mol. The minimum atomic E-state index is -0.184. The molecule has 2 N–H and O–H groups in total. The van der Waals surface area contributed by atoms with Gasteiger partial charge in [-0.1, -0.05) is 17.7 Å². The van der Waals surface area contributed by atoms with Crippen LogP contribution in [0, 0.1) is 6.92 Å². The van der Waals surface area contributed by atoms with Crippen LogP contribution in [-0.2, 0) is 6.54 Å². The average Bonchev–Trinajstić information content (AvgIpc) is 3.16. The maximum Gasteiger partial charge on any atom is 0.251 e. The summed E-state index contributed by atoms with van der Waals surface area (Å²) >= 11 is 5.99. The molecule has 0 fully saturated rings. The standard InChI is InChI=1S/C21H18ClN3O3/c1-13-8-16(22)3-4-17(13)25-20-10-15(6-7-23-20)21(26)24-11-14-2-5-18-19(9-14)28-12-27-18/h2-10H,11-12H2,1H3,(H,23,25)(H,24,26). The number of halogens is 1. The number of hydrogen-bond donors (Lipinski definition) is 2. The minimum absolute atomic E-state index is 0.184. The summed E-state index contributed by atoms with van der Waals surface area (Å²) in [5.74, 6) is 1.81. The van der Waals surface area contributed by atoms with Crippen molar-refractivity contribution in [1.82, 2.24) is 10.3 Å². The zero-order chi connectivity index (χ0) is 19.5. The van der Waals surface area contributed by atoms with E-state index in [1.54, 1.807) is 24.4 Å². The molecule has 2 aromatic carbocycles. The molecule has 0 bridgehead atoms. The van der Waals surface area contributed by atoms with Crippen molar-refractivity contribution in [3.63, 3.8) is 0 Å². The number of carbonyl (C=O) groups is 1. The molecule has 6 nitrogen and oxygen atoms in total. The van der Waals surface area contributed by atoms with E-state index in [4.69, 9.17) is 21.1 Å². The molecule has 0 aliphatic carbocycles. The summed E-state index contributed by atoms with van der Waals surface area (Å²) in [7, 11) is 0. The zero-order valence-corrected chi connectivity index (χ0v) is 15.9. The van der Waals surface area contributed by atoms with E-state index < -0.39 is 0 Å². The maximum atomic E-state index is 12.5. The first-order chi connectivity index (χ1) is 13.6. The van der Waals surface area contributed by atoms with Gasteiger partial charge in [0.15, 0.2) is 11.5 Å². The Kier molecular flexibility index (Phi) is 5.04. The van der Waals surface area contributed by atoms with Crippen LogP contribution >= 0.6 is 11.6 Å². The number of anilines is 2. The van der Waals surface area contributed by atoms with Crippen molar-refractivity contribution in [3.8, 4) is 11.5 Å². The van der Waals surface area contributed by atoms with Crippen LogP contribution < -0.4 is 20.1 Å². The number of hydrogen-bond acceptors (Lipinski definition) is 5. The molecule has 142 valence electrons. The van der Waals surface area contributed by atoms with Gasteiger partial charge in [0.25, 0.3) is 5.91 Å². The van der Waals surface area contributed by atoms with Crippen molar-refractivity contribution < 1.29 is 14.3 Å². The second-order valence-corrected chi connectivity index (χ2v) is 6.82. The highest BCUT2D eigenvalue weighted by atomic mass is 35.5. The van der Waals surface area contributed by atoms with E-state index in [-0.39, 0.29) is 12.7 Å². The average molecular weight is 396 g/mol. The summed E-state index contributed by atoms with van der Waals surface area (Å²) in [6, 6.07) is 14.5. The number of benzene rings is 2. The first kappa shape index (κ1) is 18.1. The third-order valence-corrected chi connectivity index (χ3v) is 4.60. The van der Waals surface area contributed by atoms with Crippen LogP contribution in [0.2, 0.25) is 5.02 Å². The first-order valence-electron chi connectivity index (χ1n) is 8.74. The Bertz CT molecular complexity index is 1040. The number of rotatable bonds is 5. The smallest absolute Gasteiger partial charge is 0.251 e. The van der Waals surface area contributed by atoms with E-state index in [1.165, 1.54) is 0 Å². The van der Waals surface area contributed by atoms with E-state index in [1.807, 2.05) is 37.3 Å². The first-order valence-corrected chi connectivity index (χ1v) is 9.12. The van der Waals surface area contributed by atoms with Gasteiger partial charge in [-0.15, -0.1) is 0 Å². The topological polar surface area (TPSA) is 72.5 Å². The molecule has 0 atom stereocenters. The highest BCUT2D eigenvalue weighted by molar-refractivity contribution is 6.30. The van der Waals surface area contributed by atoms with Crippen molar-refractivity contribution in [2.45, 2.75) is 13.5 Å². The van der Waals surface area contributed by atoms with Crippen molar-refractivity contribution in [3.05, 3.63) is 76.4 Å². The Hall–Kier alpha value is -3.25. The van der Waals surface area contributed by atoms with Crippen LogP contribution in [-0.4, -0.2) is 17.7 Å². The lowest BCUT2D eigenvalue weighted by Crippen LogP contribution is -2.22. The molecule has 1 aromatic heterocycles. The number of aromatic nitrogens is 1. The molecule has 7 heteroatoms. The number of nitrogens with zero attached hydrogens (tertiary/aromatic N) is 1. The van der Waals surface area contributed by atoms with Gasteiger partial charge < -0.3 is 20.1 Å². The third kappa shape index (κ3) is 4.02. The molecule has 28 heavy (non-hydrogen) atoms. The second kappa shape index (κ2) is 7.78. The lowest BCUT2D eigenvalue weighted by atomic mass is 10.2. The molecule has 1 aliphatic heterocycles. The molecular weight excluding hydrogens is 378 g/mol. The number of aryl methyl sites for hydroxylation is 1. The van der Waals surface area contributed by atoms with Gasteiger partial charge >= 0.3 is 0 Å². The Morgan fingerprint density at radius 3 is 2.82 bits per heavy atom. The van der Waals surface area contributed by atoms with Crippen molar-refractivity contribution >= 4 is 29.0 Å². The quantitative estimate of drug-likeness (QED) is 0.668. The van der Waals surface area contributed by atoms with Crippen LogP contribution in [0.5, 0.6) is 11.5 Å². The van der Waals surface area contributed by atoms with Crippen LogP contribution in [0.3, 0.4) is 0 Å².